The number of alkyl halides is 3. The molecule has 0 aliphatic carbocycles. The van der Waals surface area contributed by atoms with Crippen molar-refractivity contribution in [3.8, 4) is 0 Å². The van der Waals surface area contributed by atoms with Gasteiger partial charge < -0.3 is 5.32 Å². The van der Waals surface area contributed by atoms with Crippen LogP contribution in [0, 0.1) is 15.5 Å². The Labute approximate surface area is 114 Å². The second-order valence-corrected chi connectivity index (χ2v) is 5.58. The van der Waals surface area contributed by atoms with Crippen molar-refractivity contribution in [2.24, 2.45) is 5.41 Å². The van der Waals surface area contributed by atoms with Crippen molar-refractivity contribution in [2.45, 2.75) is 33.4 Å². The fourth-order valence-corrected chi connectivity index (χ4v) is 1.46. The lowest BCUT2D eigenvalue weighted by Crippen LogP contribution is -2.15. The number of pyridine rings is 1. The number of hydrogen-bond acceptors (Lipinski definition) is 4. The Morgan fingerprint density at radius 2 is 1.95 bits per heavy atom. The van der Waals surface area contributed by atoms with Crippen molar-refractivity contribution in [3.63, 3.8) is 0 Å². The van der Waals surface area contributed by atoms with E-state index in [0.717, 1.165) is 0 Å². The average Bonchev–Trinajstić information content (AvgIpc) is 2.25. The monoisotopic (exact) mass is 291 g/mol. The summed E-state index contributed by atoms with van der Waals surface area (Å²) in [7, 11) is 0. The highest BCUT2D eigenvalue weighted by Gasteiger charge is 2.34. The second kappa shape index (κ2) is 5.64. The maximum Gasteiger partial charge on any atom is 0.433 e. The molecule has 0 spiro atoms. The van der Waals surface area contributed by atoms with Crippen LogP contribution in [0.1, 0.15) is 32.9 Å². The molecule has 0 fully saturated rings. The Morgan fingerprint density at radius 3 is 2.40 bits per heavy atom. The molecule has 1 aromatic rings. The Kier molecular flexibility index (Phi) is 4.57. The first-order valence-electron chi connectivity index (χ1n) is 5.96. The van der Waals surface area contributed by atoms with Crippen LogP contribution in [0.4, 0.5) is 24.5 Å². The van der Waals surface area contributed by atoms with E-state index in [1.807, 2.05) is 20.8 Å². The molecule has 0 atom stereocenters. The third-order valence-electron chi connectivity index (χ3n) is 2.56. The summed E-state index contributed by atoms with van der Waals surface area (Å²) in [5, 5.41) is 13.5. The summed E-state index contributed by atoms with van der Waals surface area (Å²) in [6.07, 6.45) is -3.34. The van der Waals surface area contributed by atoms with Gasteiger partial charge >= 0.3 is 11.9 Å². The van der Waals surface area contributed by atoms with Gasteiger partial charge in [-0.05, 0) is 17.9 Å². The van der Waals surface area contributed by atoms with Crippen molar-refractivity contribution in [1.29, 1.82) is 0 Å². The second-order valence-electron chi connectivity index (χ2n) is 5.58. The zero-order chi connectivity index (χ0) is 15.6. The SMILES string of the molecule is CC(C)(C)CCNc1cc(C(F)(F)F)ncc1[N+](=O)[O-]. The van der Waals surface area contributed by atoms with Gasteiger partial charge in [-0.2, -0.15) is 13.2 Å². The van der Waals surface area contributed by atoms with Gasteiger partial charge in [-0.15, -0.1) is 0 Å². The summed E-state index contributed by atoms with van der Waals surface area (Å²) in [4.78, 5) is 13.1. The highest BCUT2D eigenvalue weighted by Crippen LogP contribution is 2.33. The molecule has 1 N–H and O–H groups in total. The lowest BCUT2D eigenvalue weighted by Gasteiger charge is -2.18. The van der Waals surface area contributed by atoms with Crippen LogP contribution < -0.4 is 5.32 Å². The molecule has 5 nitrogen and oxygen atoms in total. The molecule has 0 unspecified atom stereocenters. The molecule has 1 aromatic heterocycles. The Morgan fingerprint density at radius 1 is 1.35 bits per heavy atom. The van der Waals surface area contributed by atoms with E-state index in [1.165, 1.54) is 0 Å². The summed E-state index contributed by atoms with van der Waals surface area (Å²) in [5.74, 6) is 0. The first kappa shape index (κ1) is 16.2. The van der Waals surface area contributed by atoms with Crippen molar-refractivity contribution < 1.29 is 18.1 Å². The first-order chi connectivity index (χ1) is 9.00. The van der Waals surface area contributed by atoms with Gasteiger partial charge in [0, 0.05) is 6.54 Å². The van der Waals surface area contributed by atoms with Crippen LogP contribution >= 0.6 is 0 Å². The van der Waals surface area contributed by atoms with Crippen molar-refractivity contribution in [3.05, 3.63) is 28.1 Å². The molecule has 0 bridgehead atoms. The van der Waals surface area contributed by atoms with Crippen molar-refractivity contribution in [1.82, 2.24) is 4.98 Å². The Balaban J connectivity index is 2.98. The largest absolute Gasteiger partial charge is 0.433 e. The molecule has 0 aromatic carbocycles. The van der Waals surface area contributed by atoms with Gasteiger partial charge in [0.2, 0.25) is 0 Å². The van der Waals surface area contributed by atoms with Gasteiger partial charge in [-0.1, -0.05) is 20.8 Å². The van der Waals surface area contributed by atoms with Crippen LogP contribution in [0.2, 0.25) is 0 Å². The molecule has 8 heteroatoms. The van der Waals surface area contributed by atoms with E-state index in [1.54, 1.807) is 0 Å². The molecule has 0 saturated carbocycles. The molecule has 0 aliphatic heterocycles. The van der Waals surface area contributed by atoms with E-state index in [9.17, 15) is 23.3 Å². The van der Waals surface area contributed by atoms with E-state index in [0.29, 0.717) is 25.2 Å². The van der Waals surface area contributed by atoms with E-state index in [4.69, 9.17) is 0 Å². The maximum atomic E-state index is 12.6. The Hall–Kier alpha value is -1.86. The minimum absolute atomic E-state index is 0.0261. The molecular formula is C12H16F3N3O2. The fraction of sp³-hybridized carbons (Fsp3) is 0.583. The number of nitrogens with zero attached hydrogens (tertiary/aromatic N) is 2. The minimum atomic E-state index is -4.63. The normalized spacial score (nSPS) is 12.3. The maximum absolute atomic E-state index is 12.6. The van der Waals surface area contributed by atoms with Gasteiger partial charge in [0.15, 0.2) is 0 Å². The van der Waals surface area contributed by atoms with Crippen LogP contribution in [-0.4, -0.2) is 16.5 Å². The molecule has 1 rings (SSSR count). The predicted octanol–water partition coefficient (Wildman–Crippen LogP) is 3.86. The molecule has 112 valence electrons. The summed E-state index contributed by atoms with van der Waals surface area (Å²) in [6, 6.07) is 0.667. The first-order valence-corrected chi connectivity index (χ1v) is 5.96. The predicted molar refractivity (Wildman–Crippen MR) is 68.5 cm³/mol. The molecule has 0 saturated heterocycles. The standard InChI is InChI=1S/C12H16F3N3O2/c1-11(2,3)4-5-16-8-6-10(12(13,14)15)17-7-9(8)18(19)20/h6-7H,4-5H2,1-3H3,(H,16,17). The van der Waals surface area contributed by atoms with Crippen LogP contribution in [0.5, 0.6) is 0 Å². The molecule has 0 aliphatic rings. The van der Waals surface area contributed by atoms with Crippen molar-refractivity contribution in [2.75, 3.05) is 11.9 Å². The van der Waals surface area contributed by atoms with Gasteiger partial charge in [-0.25, -0.2) is 4.98 Å². The van der Waals surface area contributed by atoms with E-state index < -0.39 is 22.5 Å². The smallest absolute Gasteiger partial charge is 0.379 e. The van der Waals surface area contributed by atoms with Crippen molar-refractivity contribution >= 4 is 11.4 Å². The number of aromatic nitrogens is 1. The topological polar surface area (TPSA) is 68.1 Å². The highest BCUT2D eigenvalue weighted by molar-refractivity contribution is 5.61. The number of rotatable bonds is 4. The van der Waals surface area contributed by atoms with Crippen LogP contribution in [0.25, 0.3) is 0 Å². The van der Waals surface area contributed by atoms with Crippen LogP contribution in [-0.2, 0) is 6.18 Å². The molecular weight excluding hydrogens is 275 g/mol. The molecule has 0 radical (unpaired) electrons. The molecule has 1 heterocycles. The number of nitro groups is 1. The number of halogens is 3. The summed E-state index contributed by atoms with van der Waals surface area (Å²) < 4.78 is 37.7. The zero-order valence-corrected chi connectivity index (χ0v) is 11.4. The van der Waals surface area contributed by atoms with E-state index in [2.05, 4.69) is 10.3 Å². The molecule has 0 amide bonds. The summed E-state index contributed by atoms with van der Waals surface area (Å²) in [6.45, 7) is 6.25. The van der Waals surface area contributed by atoms with Gasteiger partial charge in [0.05, 0.1) is 4.92 Å². The minimum Gasteiger partial charge on any atom is -0.379 e. The third-order valence-corrected chi connectivity index (χ3v) is 2.56. The van der Waals surface area contributed by atoms with Crippen LogP contribution in [0.3, 0.4) is 0 Å². The lowest BCUT2D eigenvalue weighted by molar-refractivity contribution is -0.384. The fourth-order valence-electron chi connectivity index (χ4n) is 1.46. The van der Waals surface area contributed by atoms with E-state index in [-0.39, 0.29) is 11.1 Å². The Bertz CT molecular complexity index is 496. The lowest BCUT2D eigenvalue weighted by atomic mass is 9.92. The van der Waals surface area contributed by atoms with Gasteiger partial charge in [0.25, 0.3) is 0 Å². The number of anilines is 1. The third kappa shape index (κ3) is 4.67. The number of nitrogens with one attached hydrogen (secondary N) is 1. The van der Waals surface area contributed by atoms with E-state index >= 15 is 0 Å². The summed E-state index contributed by atoms with van der Waals surface area (Å²) >= 11 is 0. The van der Waals surface area contributed by atoms with Gasteiger partial charge in [-0.3, -0.25) is 10.1 Å². The number of hydrogen-bond donors (Lipinski definition) is 1. The van der Waals surface area contributed by atoms with Crippen LogP contribution in [0.15, 0.2) is 12.3 Å². The summed E-state index contributed by atoms with van der Waals surface area (Å²) in [5.41, 5.74) is -1.81. The highest BCUT2D eigenvalue weighted by atomic mass is 19.4. The zero-order valence-electron chi connectivity index (χ0n) is 11.4. The average molecular weight is 291 g/mol. The van der Waals surface area contributed by atoms with Gasteiger partial charge in [0.1, 0.15) is 17.6 Å². The molecule has 20 heavy (non-hydrogen) atoms. The quantitative estimate of drug-likeness (QED) is 0.675.